The maximum Gasteiger partial charge on any atom is 0.309 e. The molecule has 0 aromatic rings. The van der Waals surface area contributed by atoms with Crippen LogP contribution in [0.1, 0.15) is 58.3 Å². The van der Waals surface area contributed by atoms with Crippen molar-refractivity contribution in [2.45, 2.75) is 63.9 Å². The zero-order valence-electron chi connectivity index (χ0n) is 13.1. The van der Waals surface area contributed by atoms with Gasteiger partial charge < -0.3 is 9.84 Å². The summed E-state index contributed by atoms with van der Waals surface area (Å²) in [7, 11) is 0. The van der Waals surface area contributed by atoms with Crippen molar-refractivity contribution in [2.24, 2.45) is 17.3 Å². The van der Waals surface area contributed by atoms with Gasteiger partial charge in [-0.15, -0.1) is 0 Å². The zero-order chi connectivity index (χ0) is 14.9. The molecule has 0 radical (unpaired) electrons. The van der Waals surface area contributed by atoms with E-state index in [1.807, 2.05) is 11.8 Å². The predicted molar refractivity (Wildman–Crippen MR) is 85.7 cm³/mol. The molecule has 3 unspecified atom stereocenters. The van der Waals surface area contributed by atoms with Gasteiger partial charge in [-0.3, -0.25) is 4.79 Å². The van der Waals surface area contributed by atoms with E-state index in [9.17, 15) is 9.90 Å². The molecule has 3 fully saturated rings. The molecule has 0 amide bonds. The lowest BCUT2D eigenvalue weighted by atomic mass is 9.65. The standard InChI is InChI=1S/C17H28O3S/c1-2-13-3-5-17(11-13,15(18)19)14-4-8-20-16(12-14)6-9-21-10-7-16/h13-14H,2-12H2,1H3,(H,18,19). The molecule has 120 valence electrons. The van der Waals surface area contributed by atoms with E-state index in [-0.39, 0.29) is 5.60 Å². The van der Waals surface area contributed by atoms with Crippen LogP contribution in [-0.4, -0.2) is 34.8 Å². The first kappa shape index (κ1) is 15.7. The quantitative estimate of drug-likeness (QED) is 0.857. The van der Waals surface area contributed by atoms with Crippen LogP contribution in [0.5, 0.6) is 0 Å². The van der Waals surface area contributed by atoms with Crippen molar-refractivity contribution in [3.8, 4) is 0 Å². The third-order valence-corrected chi connectivity index (χ3v) is 7.32. The Labute approximate surface area is 132 Å². The van der Waals surface area contributed by atoms with Crippen molar-refractivity contribution in [1.82, 2.24) is 0 Å². The highest BCUT2D eigenvalue weighted by atomic mass is 32.2. The van der Waals surface area contributed by atoms with Gasteiger partial charge in [0.1, 0.15) is 0 Å². The molecule has 1 saturated carbocycles. The van der Waals surface area contributed by atoms with E-state index in [1.54, 1.807) is 0 Å². The SMILES string of the molecule is CCC1CCC(C(=O)O)(C2CCOC3(CCSCC3)C2)C1. The molecule has 0 bridgehead atoms. The lowest BCUT2D eigenvalue weighted by Gasteiger charge is -2.47. The summed E-state index contributed by atoms with van der Waals surface area (Å²) in [5.41, 5.74) is -0.455. The van der Waals surface area contributed by atoms with Crippen LogP contribution in [0.15, 0.2) is 0 Å². The number of aliphatic carboxylic acids is 1. The number of ether oxygens (including phenoxy) is 1. The third-order valence-electron chi connectivity index (χ3n) is 6.33. The first-order valence-corrected chi connectivity index (χ1v) is 9.71. The molecule has 3 aliphatic rings. The summed E-state index contributed by atoms with van der Waals surface area (Å²) < 4.78 is 6.17. The summed E-state index contributed by atoms with van der Waals surface area (Å²) in [6.07, 6.45) is 8.16. The smallest absolute Gasteiger partial charge is 0.309 e. The predicted octanol–water partition coefficient (Wildman–Crippen LogP) is 3.96. The Hall–Kier alpha value is -0.220. The van der Waals surface area contributed by atoms with E-state index in [2.05, 4.69) is 6.92 Å². The molecule has 2 saturated heterocycles. The summed E-state index contributed by atoms with van der Waals surface area (Å²) in [5.74, 6) is 2.74. The second kappa shape index (κ2) is 6.11. The van der Waals surface area contributed by atoms with Gasteiger partial charge in [-0.1, -0.05) is 13.3 Å². The summed E-state index contributed by atoms with van der Waals surface area (Å²) in [6.45, 7) is 2.97. The van der Waals surface area contributed by atoms with Crippen molar-refractivity contribution in [3.05, 3.63) is 0 Å². The number of carboxylic acid groups (broad SMARTS) is 1. The molecule has 3 nitrogen and oxygen atoms in total. The first-order chi connectivity index (χ1) is 10.1. The second-order valence-electron chi connectivity index (χ2n) is 7.31. The number of carboxylic acids is 1. The molecule has 2 aliphatic heterocycles. The maximum absolute atomic E-state index is 12.1. The van der Waals surface area contributed by atoms with Crippen molar-refractivity contribution < 1.29 is 14.6 Å². The summed E-state index contributed by atoms with van der Waals surface area (Å²) in [4.78, 5) is 12.1. The van der Waals surface area contributed by atoms with Crippen molar-refractivity contribution >= 4 is 17.7 Å². The van der Waals surface area contributed by atoms with Crippen LogP contribution in [0.25, 0.3) is 0 Å². The van der Waals surface area contributed by atoms with Gasteiger partial charge in [0.15, 0.2) is 0 Å². The van der Waals surface area contributed by atoms with Gasteiger partial charge in [-0.05, 0) is 68.3 Å². The van der Waals surface area contributed by atoms with Crippen molar-refractivity contribution in [1.29, 1.82) is 0 Å². The summed E-state index contributed by atoms with van der Waals surface area (Å²) in [6, 6.07) is 0. The molecule has 2 heterocycles. The Morgan fingerprint density at radius 2 is 2.00 bits per heavy atom. The monoisotopic (exact) mass is 312 g/mol. The highest BCUT2D eigenvalue weighted by Crippen LogP contribution is 2.54. The van der Waals surface area contributed by atoms with Crippen LogP contribution >= 0.6 is 11.8 Å². The molecular weight excluding hydrogens is 284 g/mol. The molecule has 3 rings (SSSR count). The highest BCUT2D eigenvalue weighted by molar-refractivity contribution is 7.99. The Balaban J connectivity index is 1.78. The molecule has 1 N–H and O–H groups in total. The van der Waals surface area contributed by atoms with Crippen LogP contribution in [-0.2, 0) is 9.53 Å². The molecule has 3 atom stereocenters. The fourth-order valence-corrected chi connectivity index (χ4v) is 6.10. The fraction of sp³-hybridized carbons (Fsp3) is 0.941. The van der Waals surface area contributed by atoms with E-state index in [0.717, 1.165) is 58.0 Å². The molecule has 1 spiro atoms. The van der Waals surface area contributed by atoms with Crippen LogP contribution in [0, 0.1) is 17.3 Å². The lowest BCUT2D eigenvalue weighted by Crippen LogP contribution is -2.49. The van der Waals surface area contributed by atoms with Gasteiger partial charge in [0.25, 0.3) is 0 Å². The number of hydrogen-bond donors (Lipinski definition) is 1. The Morgan fingerprint density at radius 3 is 2.62 bits per heavy atom. The fourth-order valence-electron chi connectivity index (χ4n) is 4.86. The minimum atomic E-state index is -0.536. The van der Waals surface area contributed by atoms with Crippen LogP contribution in [0.4, 0.5) is 0 Å². The van der Waals surface area contributed by atoms with E-state index in [1.165, 1.54) is 11.5 Å². The molecule has 21 heavy (non-hydrogen) atoms. The topological polar surface area (TPSA) is 46.5 Å². The number of hydrogen-bond acceptors (Lipinski definition) is 3. The number of thioether (sulfide) groups is 1. The Morgan fingerprint density at radius 1 is 1.24 bits per heavy atom. The maximum atomic E-state index is 12.1. The first-order valence-electron chi connectivity index (χ1n) is 8.55. The van der Waals surface area contributed by atoms with E-state index in [4.69, 9.17) is 4.74 Å². The van der Waals surface area contributed by atoms with Crippen LogP contribution in [0.2, 0.25) is 0 Å². The Bertz CT molecular complexity index is 386. The molecule has 1 aliphatic carbocycles. The zero-order valence-corrected chi connectivity index (χ0v) is 13.9. The normalized spacial score (nSPS) is 39.5. The number of rotatable bonds is 3. The van der Waals surface area contributed by atoms with Crippen LogP contribution in [0.3, 0.4) is 0 Å². The van der Waals surface area contributed by atoms with Gasteiger partial charge in [-0.25, -0.2) is 0 Å². The number of carbonyl (C=O) groups is 1. The Kier molecular flexibility index (Phi) is 4.56. The van der Waals surface area contributed by atoms with E-state index >= 15 is 0 Å². The van der Waals surface area contributed by atoms with Gasteiger partial charge in [0.2, 0.25) is 0 Å². The van der Waals surface area contributed by atoms with Gasteiger partial charge in [0, 0.05) is 6.61 Å². The lowest BCUT2D eigenvalue weighted by molar-refractivity contribution is -0.164. The minimum Gasteiger partial charge on any atom is -0.481 e. The average Bonchev–Trinajstić information content (AvgIpc) is 2.94. The molecule has 0 aromatic carbocycles. The second-order valence-corrected chi connectivity index (χ2v) is 8.54. The van der Waals surface area contributed by atoms with Crippen molar-refractivity contribution in [3.63, 3.8) is 0 Å². The van der Waals surface area contributed by atoms with E-state index in [0.29, 0.717) is 11.8 Å². The average molecular weight is 312 g/mol. The summed E-state index contributed by atoms with van der Waals surface area (Å²) >= 11 is 2.01. The molecule has 4 heteroatoms. The highest BCUT2D eigenvalue weighted by Gasteiger charge is 2.54. The van der Waals surface area contributed by atoms with Gasteiger partial charge in [-0.2, -0.15) is 11.8 Å². The largest absolute Gasteiger partial charge is 0.481 e. The van der Waals surface area contributed by atoms with E-state index < -0.39 is 11.4 Å². The van der Waals surface area contributed by atoms with Gasteiger partial charge >= 0.3 is 5.97 Å². The summed E-state index contributed by atoms with van der Waals surface area (Å²) in [5, 5.41) is 9.97. The minimum absolute atomic E-state index is 0.000911. The molecule has 0 aromatic heterocycles. The van der Waals surface area contributed by atoms with Crippen LogP contribution < -0.4 is 0 Å². The molecular formula is C17H28O3S. The van der Waals surface area contributed by atoms with Crippen molar-refractivity contribution in [2.75, 3.05) is 18.1 Å². The third kappa shape index (κ3) is 2.86. The van der Waals surface area contributed by atoms with Gasteiger partial charge in [0.05, 0.1) is 11.0 Å².